The molecule has 0 atom stereocenters. The normalized spacial score (nSPS) is 18.9. The monoisotopic (exact) mass is 252 g/mol. The summed E-state index contributed by atoms with van der Waals surface area (Å²) in [5.74, 6) is -0.186. The predicted octanol–water partition coefficient (Wildman–Crippen LogP) is 1.74. The number of nitrogens with two attached hydrogens (primary N) is 1. The van der Waals surface area contributed by atoms with E-state index in [0.717, 1.165) is 31.5 Å². The number of rotatable bonds is 3. The Labute approximate surface area is 106 Å². The van der Waals surface area contributed by atoms with Crippen molar-refractivity contribution in [2.75, 3.05) is 13.1 Å². The third-order valence-corrected chi connectivity index (χ3v) is 3.79. The molecule has 3 nitrogen and oxygen atoms in total. The topological polar surface area (TPSA) is 55.1 Å². The highest BCUT2D eigenvalue weighted by molar-refractivity contribution is 6.30. The van der Waals surface area contributed by atoms with E-state index in [2.05, 4.69) is 5.32 Å². The van der Waals surface area contributed by atoms with E-state index in [9.17, 15) is 4.79 Å². The van der Waals surface area contributed by atoms with Crippen LogP contribution in [0.3, 0.4) is 0 Å². The maximum absolute atomic E-state index is 11.7. The molecule has 0 radical (unpaired) electrons. The summed E-state index contributed by atoms with van der Waals surface area (Å²) in [5.41, 5.74) is 6.32. The molecular formula is C13H17ClN2O. The lowest BCUT2D eigenvalue weighted by Gasteiger charge is -2.34. The lowest BCUT2D eigenvalue weighted by atomic mass is 9.73. The van der Waals surface area contributed by atoms with Gasteiger partial charge in [-0.05, 0) is 50.0 Å². The molecule has 4 heteroatoms. The lowest BCUT2D eigenvalue weighted by Crippen LogP contribution is -2.46. The van der Waals surface area contributed by atoms with Crippen LogP contribution in [0.15, 0.2) is 24.3 Å². The highest BCUT2D eigenvalue weighted by Crippen LogP contribution is 2.32. The molecule has 1 heterocycles. The van der Waals surface area contributed by atoms with Gasteiger partial charge in [-0.3, -0.25) is 4.79 Å². The van der Waals surface area contributed by atoms with Crippen LogP contribution >= 0.6 is 11.6 Å². The van der Waals surface area contributed by atoms with E-state index in [1.54, 1.807) is 0 Å². The summed E-state index contributed by atoms with van der Waals surface area (Å²) in [6.45, 7) is 1.72. The van der Waals surface area contributed by atoms with Crippen molar-refractivity contribution in [3.63, 3.8) is 0 Å². The number of halogens is 1. The second-order valence-corrected chi connectivity index (χ2v) is 5.13. The summed E-state index contributed by atoms with van der Waals surface area (Å²) < 4.78 is 0. The largest absolute Gasteiger partial charge is 0.369 e. The molecule has 0 saturated carbocycles. The SMILES string of the molecule is NC(=O)C1(Cc2ccc(Cl)cc2)CCNCC1. The molecule has 2 rings (SSSR count). The molecule has 0 bridgehead atoms. The molecule has 3 N–H and O–H groups in total. The number of hydrogen-bond donors (Lipinski definition) is 2. The van der Waals surface area contributed by atoms with E-state index in [0.29, 0.717) is 11.4 Å². The highest BCUT2D eigenvalue weighted by atomic mass is 35.5. The molecule has 1 aliphatic rings. The van der Waals surface area contributed by atoms with Crippen LogP contribution in [0.5, 0.6) is 0 Å². The average molecular weight is 253 g/mol. The van der Waals surface area contributed by atoms with Crippen molar-refractivity contribution in [2.45, 2.75) is 19.3 Å². The fourth-order valence-electron chi connectivity index (χ4n) is 2.41. The zero-order chi connectivity index (χ0) is 12.3. The van der Waals surface area contributed by atoms with Crippen LogP contribution in [0.4, 0.5) is 0 Å². The van der Waals surface area contributed by atoms with Crippen molar-refractivity contribution in [1.82, 2.24) is 5.32 Å². The number of carbonyl (C=O) groups excluding carboxylic acids is 1. The molecule has 1 saturated heterocycles. The van der Waals surface area contributed by atoms with E-state index in [4.69, 9.17) is 17.3 Å². The molecule has 0 unspecified atom stereocenters. The number of carbonyl (C=O) groups is 1. The van der Waals surface area contributed by atoms with Gasteiger partial charge in [-0.2, -0.15) is 0 Å². The van der Waals surface area contributed by atoms with Gasteiger partial charge in [-0.1, -0.05) is 23.7 Å². The van der Waals surface area contributed by atoms with Crippen molar-refractivity contribution < 1.29 is 4.79 Å². The number of primary amides is 1. The molecule has 0 aliphatic carbocycles. The van der Waals surface area contributed by atoms with Crippen LogP contribution in [0.1, 0.15) is 18.4 Å². The summed E-state index contributed by atoms with van der Waals surface area (Å²) in [6.07, 6.45) is 2.33. The predicted molar refractivity (Wildman–Crippen MR) is 68.9 cm³/mol. The van der Waals surface area contributed by atoms with Crippen LogP contribution in [-0.2, 0) is 11.2 Å². The Morgan fingerprint density at radius 3 is 2.41 bits per heavy atom. The lowest BCUT2D eigenvalue weighted by molar-refractivity contribution is -0.129. The van der Waals surface area contributed by atoms with Gasteiger partial charge in [-0.25, -0.2) is 0 Å². The standard InChI is InChI=1S/C13H17ClN2O/c14-11-3-1-10(2-4-11)9-13(12(15)17)5-7-16-8-6-13/h1-4,16H,5-9H2,(H2,15,17). The number of hydrogen-bond acceptors (Lipinski definition) is 2. The molecule has 1 aromatic rings. The molecular weight excluding hydrogens is 236 g/mol. The molecule has 92 valence electrons. The van der Waals surface area contributed by atoms with E-state index in [1.807, 2.05) is 24.3 Å². The zero-order valence-electron chi connectivity index (χ0n) is 9.71. The number of amides is 1. The van der Waals surface area contributed by atoms with Gasteiger partial charge in [0.15, 0.2) is 0 Å². The first kappa shape index (κ1) is 12.4. The van der Waals surface area contributed by atoms with Crippen molar-refractivity contribution in [3.05, 3.63) is 34.9 Å². The van der Waals surface area contributed by atoms with Crippen LogP contribution in [-0.4, -0.2) is 19.0 Å². The minimum atomic E-state index is -0.390. The number of nitrogens with one attached hydrogen (secondary N) is 1. The van der Waals surface area contributed by atoms with Gasteiger partial charge in [0.1, 0.15) is 0 Å². The molecule has 1 aromatic carbocycles. The van der Waals surface area contributed by atoms with Crippen molar-refractivity contribution >= 4 is 17.5 Å². The molecule has 0 aromatic heterocycles. The van der Waals surface area contributed by atoms with E-state index >= 15 is 0 Å². The molecule has 1 fully saturated rings. The average Bonchev–Trinajstić information content (AvgIpc) is 2.33. The van der Waals surface area contributed by atoms with E-state index < -0.39 is 0 Å². The first-order chi connectivity index (χ1) is 8.12. The van der Waals surface area contributed by atoms with Gasteiger partial charge < -0.3 is 11.1 Å². The Morgan fingerprint density at radius 1 is 1.29 bits per heavy atom. The van der Waals surface area contributed by atoms with Gasteiger partial charge in [0.05, 0.1) is 5.41 Å². The fraction of sp³-hybridized carbons (Fsp3) is 0.462. The maximum Gasteiger partial charge on any atom is 0.224 e. The molecule has 1 aliphatic heterocycles. The van der Waals surface area contributed by atoms with E-state index in [1.165, 1.54) is 0 Å². The Hall–Kier alpha value is -1.06. The second kappa shape index (κ2) is 5.07. The molecule has 1 amide bonds. The van der Waals surface area contributed by atoms with Gasteiger partial charge in [0.2, 0.25) is 5.91 Å². The van der Waals surface area contributed by atoms with Crippen molar-refractivity contribution in [2.24, 2.45) is 11.1 Å². The fourth-order valence-corrected chi connectivity index (χ4v) is 2.53. The summed E-state index contributed by atoms with van der Waals surface area (Å²) in [6, 6.07) is 7.64. The number of piperidine rings is 1. The number of benzene rings is 1. The molecule has 0 spiro atoms. The van der Waals surface area contributed by atoms with Crippen molar-refractivity contribution in [1.29, 1.82) is 0 Å². The van der Waals surface area contributed by atoms with Crippen LogP contribution in [0.25, 0.3) is 0 Å². The van der Waals surface area contributed by atoms with E-state index in [-0.39, 0.29) is 11.3 Å². The maximum atomic E-state index is 11.7. The van der Waals surface area contributed by atoms with Gasteiger partial charge >= 0.3 is 0 Å². The third kappa shape index (κ3) is 2.79. The summed E-state index contributed by atoms with van der Waals surface area (Å²) in [7, 11) is 0. The highest BCUT2D eigenvalue weighted by Gasteiger charge is 2.37. The van der Waals surface area contributed by atoms with Gasteiger partial charge in [-0.15, -0.1) is 0 Å². The zero-order valence-corrected chi connectivity index (χ0v) is 10.5. The van der Waals surface area contributed by atoms with Crippen LogP contribution in [0, 0.1) is 5.41 Å². The first-order valence-electron chi connectivity index (χ1n) is 5.87. The Balaban J connectivity index is 2.17. The smallest absolute Gasteiger partial charge is 0.224 e. The summed E-state index contributed by atoms with van der Waals surface area (Å²) in [4.78, 5) is 11.7. The van der Waals surface area contributed by atoms with Crippen LogP contribution in [0.2, 0.25) is 5.02 Å². The molecule has 17 heavy (non-hydrogen) atoms. The Morgan fingerprint density at radius 2 is 1.88 bits per heavy atom. The minimum absolute atomic E-state index is 0.186. The Bertz CT molecular complexity index is 396. The Kier molecular flexibility index (Phi) is 3.69. The first-order valence-corrected chi connectivity index (χ1v) is 6.25. The summed E-state index contributed by atoms with van der Waals surface area (Å²) in [5, 5.41) is 3.98. The summed E-state index contributed by atoms with van der Waals surface area (Å²) >= 11 is 5.85. The van der Waals surface area contributed by atoms with Crippen molar-refractivity contribution in [3.8, 4) is 0 Å². The van der Waals surface area contributed by atoms with Gasteiger partial charge in [0.25, 0.3) is 0 Å². The van der Waals surface area contributed by atoms with Crippen LogP contribution < -0.4 is 11.1 Å². The third-order valence-electron chi connectivity index (χ3n) is 3.54. The quantitative estimate of drug-likeness (QED) is 0.861. The second-order valence-electron chi connectivity index (χ2n) is 4.70. The van der Waals surface area contributed by atoms with Gasteiger partial charge in [0, 0.05) is 5.02 Å². The minimum Gasteiger partial charge on any atom is -0.369 e.